The summed E-state index contributed by atoms with van der Waals surface area (Å²) in [7, 11) is 0. The maximum Gasteiger partial charge on any atom is 0.337 e. The zero-order chi connectivity index (χ0) is 20.1. The predicted molar refractivity (Wildman–Crippen MR) is 108 cm³/mol. The van der Waals surface area contributed by atoms with Crippen molar-refractivity contribution >= 4 is 33.5 Å². The normalized spacial score (nSPS) is 16.7. The number of carboxylic acids is 1. The first-order valence-corrected chi connectivity index (χ1v) is 9.72. The summed E-state index contributed by atoms with van der Waals surface area (Å²) < 4.78 is 6.28. The average Bonchev–Trinajstić information content (AvgIpc) is 3.08. The number of carbonyl (C=O) groups is 2. The van der Waals surface area contributed by atoms with Crippen LogP contribution in [0.3, 0.4) is 0 Å². The van der Waals surface area contributed by atoms with E-state index in [9.17, 15) is 19.8 Å². The van der Waals surface area contributed by atoms with E-state index in [1.807, 2.05) is 4.90 Å². The highest BCUT2D eigenvalue weighted by molar-refractivity contribution is 9.10. The van der Waals surface area contributed by atoms with E-state index in [1.54, 1.807) is 30.3 Å². The first-order valence-electron chi connectivity index (χ1n) is 8.93. The van der Waals surface area contributed by atoms with Crippen LogP contribution in [-0.4, -0.2) is 52.9 Å². The Bertz CT molecular complexity index is 856. The summed E-state index contributed by atoms with van der Waals surface area (Å²) in [6.07, 6.45) is 1.41. The number of benzene rings is 2. The Morgan fingerprint density at radius 2 is 1.96 bits per heavy atom. The lowest BCUT2D eigenvalue weighted by molar-refractivity contribution is 0.0300. The van der Waals surface area contributed by atoms with Crippen LogP contribution in [0.4, 0.5) is 5.69 Å². The lowest BCUT2D eigenvalue weighted by atomic mass is 10.1. The molecule has 0 radical (unpaired) electrons. The fourth-order valence-corrected chi connectivity index (χ4v) is 3.41. The fraction of sp³-hybridized carbons (Fsp3) is 0.300. The first kappa shape index (κ1) is 20.3. The number of halogens is 1. The Balaban J connectivity index is 1.57. The molecule has 8 heteroatoms. The van der Waals surface area contributed by atoms with Gasteiger partial charge in [-0.25, -0.2) is 4.79 Å². The van der Waals surface area contributed by atoms with Crippen molar-refractivity contribution in [3.8, 4) is 5.75 Å². The molecule has 2 aromatic rings. The predicted octanol–water partition coefficient (Wildman–Crippen LogP) is 3.19. The van der Waals surface area contributed by atoms with E-state index < -0.39 is 11.9 Å². The minimum atomic E-state index is -1.12. The van der Waals surface area contributed by atoms with E-state index in [2.05, 4.69) is 21.2 Å². The third-order valence-electron chi connectivity index (χ3n) is 4.55. The molecule has 1 fully saturated rings. The number of hydrogen-bond donors (Lipinski definition) is 3. The number of likely N-dealkylation sites (tertiary alicyclic amines) is 1. The lowest BCUT2D eigenvalue weighted by Crippen LogP contribution is -2.32. The van der Waals surface area contributed by atoms with Crippen molar-refractivity contribution < 1.29 is 24.5 Å². The van der Waals surface area contributed by atoms with Gasteiger partial charge in [0.2, 0.25) is 0 Å². The molecule has 0 aromatic heterocycles. The van der Waals surface area contributed by atoms with Gasteiger partial charge < -0.3 is 20.3 Å². The smallest absolute Gasteiger partial charge is 0.337 e. The van der Waals surface area contributed by atoms with Gasteiger partial charge in [0.15, 0.2) is 0 Å². The molecule has 3 rings (SSSR count). The molecule has 1 heterocycles. The molecule has 1 unspecified atom stereocenters. The van der Waals surface area contributed by atoms with Crippen LogP contribution < -0.4 is 10.1 Å². The number of carbonyl (C=O) groups excluding carboxylic acids is 1. The van der Waals surface area contributed by atoms with E-state index in [1.165, 1.54) is 12.1 Å². The molecule has 28 heavy (non-hydrogen) atoms. The van der Waals surface area contributed by atoms with Crippen LogP contribution in [0.5, 0.6) is 5.75 Å². The Morgan fingerprint density at radius 1 is 1.21 bits per heavy atom. The molecule has 1 saturated heterocycles. The summed E-state index contributed by atoms with van der Waals surface area (Å²) >= 11 is 3.22. The van der Waals surface area contributed by atoms with Gasteiger partial charge in [0.1, 0.15) is 18.6 Å². The number of aliphatic hydroxyl groups is 1. The van der Waals surface area contributed by atoms with E-state index >= 15 is 0 Å². The Hall–Kier alpha value is -2.42. The zero-order valence-corrected chi connectivity index (χ0v) is 16.7. The molecule has 0 bridgehead atoms. The number of hydrogen-bond acceptors (Lipinski definition) is 5. The van der Waals surface area contributed by atoms with Gasteiger partial charge in [-0.2, -0.15) is 0 Å². The van der Waals surface area contributed by atoms with Crippen molar-refractivity contribution in [2.75, 3.05) is 25.0 Å². The molecule has 7 nitrogen and oxygen atoms in total. The third kappa shape index (κ3) is 5.09. The van der Waals surface area contributed by atoms with Gasteiger partial charge >= 0.3 is 5.97 Å². The second kappa shape index (κ2) is 9.18. The number of carboxylic acid groups (broad SMARTS) is 1. The van der Waals surface area contributed by atoms with Crippen molar-refractivity contribution in [2.45, 2.75) is 19.1 Å². The molecule has 1 aliphatic rings. The van der Waals surface area contributed by atoms with Gasteiger partial charge in [0.25, 0.3) is 5.91 Å². The number of nitrogens with zero attached hydrogens (tertiary/aromatic N) is 1. The molecular weight excluding hydrogens is 428 g/mol. The number of nitrogens with one attached hydrogen (secondary N) is 1. The van der Waals surface area contributed by atoms with Crippen molar-refractivity contribution in [1.29, 1.82) is 0 Å². The van der Waals surface area contributed by atoms with Crippen LogP contribution in [-0.2, 0) is 0 Å². The van der Waals surface area contributed by atoms with Crippen molar-refractivity contribution in [3.63, 3.8) is 0 Å². The number of aromatic carboxylic acids is 1. The molecular formula is C20H21BrN2O5. The highest BCUT2D eigenvalue weighted by atomic mass is 79.9. The summed E-state index contributed by atoms with van der Waals surface area (Å²) in [5.74, 6) is -0.903. The molecule has 0 saturated carbocycles. The number of amides is 1. The summed E-state index contributed by atoms with van der Waals surface area (Å²) in [5.41, 5.74) is 0.624. The van der Waals surface area contributed by atoms with E-state index in [4.69, 9.17) is 4.74 Å². The monoisotopic (exact) mass is 448 g/mol. The minimum Gasteiger partial charge on any atom is -0.492 e. The summed E-state index contributed by atoms with van der Waals surface area (Å²) in [6, 6.07) is 11.3. The standard InChI is InChI=1S/C20H21BrN2O5/c21-14-5-8-17(16(12-14)20(26)27)22-19(25)13-3-6-15(7-4-13)28-11-10-23-9-1-2-18(23)24/h3-8,12,18,24H,1-2,9-11H2,(H,22,25)(H,26,27). The van der Waals surface area contributed by atoms with Crippen LogP contribution in [0.1, 0.15) is 33.6 Å². The van der Waals surface area contributed by atoms with Gasteiger partial charge in [0.05, 0.1) is 11.3 Å². The van der Waals surface area contributed by atoms with Crippen molar-refractivity contribution in [3.05, 3.63) is 58.1 Å². The quantitative estimate of drug-likeness (QED) is 0.601. The molecule has 148 valence electrons. The Labute approximate surface area is 171 Å². The highest BCUT2D eigenvalue weighted by Crippen LogP contribution is 2.22. The lowest BCUT2D eigenvalue weighted by Gasteiger charge is -2.19. The van der Waals surface area contributed by atoms with E-state index in [-0.39, 0.29) is 17.5 Å². The summed E-state index contributed by atoms with van der Waals surface area (Å²) in [5, 5.41) is 21.7. The topological polar surface area (TPSA) is 99.1 Å². The van der Waals surface area contributed by atoms with Crippen molar-refractivity contribution in [1.82, 2.24) is 4.90 Å². The van der Waals surface area contributed by atoms with Gasteiger partial charge in [-0.3, -0.25) is 9.69 Å². The second-order valence-electron chi connectivity index (χ2n) is 6.48. The zero-order valence-electron chi connectivity index (χ0n) is 15.1. The molecule has 0 aliphatic carbocycles. The van der Waals surface area contributed by atoms with Crippen LogP contribution in [0.2, 0.25) is 0 Å². The van der Waals surface area contributed by atoms with Gasteiger partial charge in [0, 0.05) is 23.1 Å². The molecule has 1 atom stereocenters. The first-order chi connectivity index (χ1) is 13.4. The van der Waals surface area contributed by atoms with Gasteiger partial charge in [-0.05, 0) is 55.3 Å². The SMILES string of the molecule is O=C(Nc1ccc(Br)cc1C(=O)O)c1ccc(OCCN2CCCC2O)cc1. The maximum atomic E-state index is 12.4. The number of aliphatic hydroxyl groups excluding tert-OH is 1. The number of ether oxygens (including phenoxy) is 1. The molecule has 0 spiro atoms. The van der Waals surface area contributed by atoms with Crippen LogP contribution >= 0.6 is 15.9 Å². The van der Waals surface area contributed by atoms with E-state index in [0.717, 1.165) is 19.4 Å². The third-order valence-corrected chi connectivity index (χ3v) is 5.05. The van der Waals surface area contributed by atoms with E-state index in [0.29, 0.717) is 28.9 Å². The molecule has 3 N–H and O–H groups in total. The molecule has 1 aliphatic heterocycles. The highest BCUT2D eigenvalue weighted by Gasteiger charge is 2.21. The van der Waals surface area contributed by atoms with Crippen LogP contribution in [0.25, 0.3) is 0 Å². The van der Waals surface area contributed by atoms with Gasteiger partial charge in [-0.1, -0.05) is 15.9 Å². The Morgan fingerprint density at radius 3 is 2.61 bits per heavy atom. The molecule has 2 aromatic carbocycles. The number of anilines is 1. The fourth-order valence-electron chi connectivity index (χ4n) is 3.05. The summed E-state index contributed by atoms with van der Waals surface area (Å²) in [4.78, 5) is 25.7. The molecule has 1 amide bonds. The largest absolute Gasteiger partial charge is 0.492 e. The Kier molecular flexibility index (Phi) is 6.66. The average molecular weight is 449 g/mol. The number of rotatable bonds is 7. The van der Waals surface area contributed by atoms with Crippen molar-refractivity contribution in [2.24, 2.45) is 0 Å². The minimum absolute atomic E-state index is 0.00628. The summed E-state index contributed by atoms with van der Waals surface area (Å²) in [6.45, 7) is 1.96. The maximum absolute atomic E-state index is 12.4. The van der Waals surface area contributed by atoms with Gasteiger partial charge in [-0.15, -0.1) is 0 Å². The second-order valence-corrected chi connectivity index (χ2v) is 7.40. The van der Waals surface area contributed by atoms with Crippen LogP contribution in [0.15, 0.2) is 46.9 Å². The van der Waals surface area contributed by atoms with Crippen LogP contribution in [0, 0.1) is 0 Å².